The van der Waals surface area contributed by atoms with Crippen molar-refractivity contribution in [2.45, 2.75) is 65.4 Å². The van der Waals surface area contributed by atoms with Gasteiger partial charge in [0.2, 0.25) is 0 Å². The van der Waals surface area contributed by atoms with E-state index < -0.39 is 78.5 Å². The summed E-state index contributed by atoms with van der Waals surface area (Å²) >= 11 is 0. The van der Waals surface area contributed by atoms with Gasteiger partial charge in [0.25, 0.3) is 0 Å². The van der Waals surface area contributed by atoms with Gasteiger partial charge in [0.05, 0.1) is 34.2 Å². The number of likely N-dealkylation sites (N-methyl/N-ethyl adjacent to an activating group) is 1. The van der Waals surface area contributed by atoms with Crippen LogP contribution in [-0.2, 0) is 0 Å². The molecule has 2 nitrogen and oxygen atoms in total. The lowest BCUT2D eigenvalue weighted by Gasteiger charge is -2.45. The fourth-order valence-electron chi connectivity index (χ4n) is 2.56. The van der Waals surface area contributed by atoms with E-state index in [1.165, 1.54) is 26.5 Å². The zero-order valence-corrected chi connectivity index (χ0v) is 20.3. The highest BCUT2D eigenvalue weighted by Gasteiger charge is 2.98. The first-order chi connectivity index (χ1) is 17.7. The van der Waals surface area contributed by atoms with Gasteiger partial charge < -0.3 is 9.80 Å². The van der Waals surface area contributed by atoms with Gasteiger partial charge in [-0.25, -0.2) is 0 Å². The first kappa shape index (κ1) is 40.3. The van der Waals surface area contributed by atoms with Crippen molar-refractivity contribution in [1.29, 1.82) is 0 Å². The molecule has 0 saturated carbocycles. The summed E-state index contributed by atoms with van der Waals surface area (Å²) in [5.74, 6) is -87.3. The molecule has 0 aromatic carbocycles. The van der Waals surface area contributed by atoms with Gasteiger partial charge in [-0.15, -0.1) is 0 Å². The SMILES string of the molecule is C[N+](C)(C)CCNCC(F)(F)C(F)(F)C(F)(F)C(F)(F)C(F)(F)C(F)(F)C(F)(F)C(F)(F)C(F)(F)C(F)(F)C(F)(F)F. The third-order valence-electron chi connectivity index (χ3n) is 5.28. The second-order valence-corrected chi connectivity index (χ2v) is 9.56. The van der Waals surface area contributed by atoms with Crippen molar-refractivity contribution in [2.24, 2.45) is 0 Å². The Kier molecular flexibility index (Phi) is 10.0. The molecule has 0 spiro atoms. The van der Waals surface area contributed by atoms with Crippen molar-refractivity contribution in [3.8, 4) is 0 Å². The van der Waals surface area contributed by atoms with E-state index in [2.05, 4.69) is 0 Å². The Hall–Kier alpha value is -1.69. The Morgan fingerprint density at radius 1 is 0.381 bits per heavy atom. The van der Waals surface area contributed by atoms with Gasteiger partial charge >= 0.3 is 65.4 Å². The number of halogens is 23. The molecule has 0 unspecified atom stereocenters. The first-order valence-electron chi connectivity index (χ1n) is 10.1. The first-order valence-corrected chi connectivity index (χ1v) is 10.1. The van der Waals surface area contributed by atoms with Gasteiger partial charge in [-0.05, 0) is 0 Å². The molecule has 0 aliphatic carbocycles. The number of hydrogen-bond donors (Lipinski definition) is 1. The molecule has 0 aliphatic heterocycles. The van der Waals surface area contributed by atoms with Gasteiger partial charge in [0.15, 0.2) is 0 Å². The van der Waals surface area contributed by atoms with E-state index in [0.29, 0.717) is 0 Å². The minimum absolute atomic E-state index is 0.183. The van der Waals surface area contributed by atoms with Crippen molar-refractivity contribution in [1.82, 2.24) is 5.32 Å². The summed E-state index contributed by atoms with van der Waals surface area (Å²) in [5.41, 5.74) is 0. The Labute approximate surface area is 218 Å². The highest BCUT2D eigenvalue weighted by Crippen LogP contribution is 2.67. The predicted molar refractivity (Wildman–Crippen MR) is 91.3 cm³/mol. The summed E-state index contributed by atoms with van der Waals surface area (Å²) in [5, 5.41) is 1.24. The summed E-state index contributed by atoms with van der Waals surface area (Å²) in [6.07, 6.45) is -8.08. The number of alkyl halides is 23. The fourth-order valence-corrected chi connectivity index (χ4v) is 2.56. The highest BCUT2D eigenvalue weighted by atomic mass is 19.4. The van der Waals surface area contributed by atoms with E-state index >= 15 is 0 Å². The Morgan fingerprint density at radius 2 is 0.619 bits per heavy atom. The van der Waals surface area contributed by atoms with Gasteiger partial charge in [0, 0.05) is 6.54 Å². The molecule has 0 heterocycles. The van der Waals surface area contributed by atoms with Crippen LogP contribution < -0.4 is 5.32 Å². The largest absolute Gasteiger partial charge is 0.460 e. The average Bonchev–Trinajstić information content (AvgIpc) is 2.74. The number of nitrogens with zero attached hydrogens (tertiary/aromatic N) is 1. The van der Waals surface area contributed by atoms with Crippen LogP contribution in [0.1, 0.15) is 0 Å². The van der Waals surface area contributed by atoms with Crippen molar-refractivity contribution in [3.63, 3.8) is 0 Å². The molecule has 0 rings (SSSR count). The van der Waals surface area contributed by atoms with Gasteiger partial charge in [-0.3, -0.25) is 0 Å². The molecule has 1 N–H and O–H groups in total. The quantitative estimate of drug-likeness (QED) is 0.116. The van der Waals surface area contributed by atoms with Crippen molar-refractivity contribution >= 4 is 0 Å². The molecule has 0 amide bonds. The lowest BCUT2D eigenvalue weighted by molar-refractivity contribution is -0.869. The van der Waals surface area contributed by atoms with E-state index in [4.69, 9.17) is 0 Å². The van der Waals surface area contributed by atoms with Crippen LogP contribution in [0.4, 0.5) is 101 Å². The summed E-state index contributed by atoms with van der Waals surface area (Å²) in [7, 11) is 3.93. The molecule has 0 atom stereocenters. The van der Waals surface area contributed by atoms with Crippen molar-refractivity contribution in [3.05, 3.63) is 0 Å². The maximum atomic E-state index is 13.8. The molecule has 0 aromatic heterocycles. The minimum atomic E-state index is -9.38. The topological polar surface area (TPSA) is 12.0 Å². The zero-order chi connectivity index (χ0) is 34.8. The summed E-state index contributed by atoms with van der Waals surface area (Å²) in [6, 6.07) is 0. The van der Waals surface area contributed by atoms with Crippen LogP contribution in [0.2, 0.25) is 0 Å². The fraction of sp³-hybridized carbons (Fsp3) is 1.00. The summed E-state index contributed by atoms with van der Waals surface area (Å²) in [4.78, 5) is 0. The lowest BCUT2D eigenvalue weighted by atomic mass is 9.85. The second-order valence-electron chi connectivity index (χ2n) is 9.56. The van der Waals surface area contributed by atoms with Crippen LogP contribution in [0, 0.1) is 0 Å². The number of nitrogens with one attached hydrogen (secondary N) is 1. The highest BCUT2D eigenvalue weighted by molar-refractivity contribution is 5.19. The van der Waals surface area contributed by atoms with Crippen LogP contribution >= 0.6 is 0 Å². The lowest BCUT2D eigenvalue weighted by Crippen LogP contribution is -2.77. The molecule has 42 heavy (non-hydrogen) atoms. The van der Waals surface area contributed by atoms with Gasteiger partial charge in [-0.1, -0.05) is 0 Å². The standard InChI is InChI=1S/C17H16F23N2/c1-42(2,3)5-4-41-6-7(18,19)8(20,21)9(22,23)10(24,25)11(26,27)12(28,29)13(30,31)14(32,33)15(34,35)16(36,37)17(38,39)40/h41H,4-6H2,1-3H3/q+1. The van der Waals surface area contributed by atoms with E-state index in [-0.39, 0.29) is 11.0 Å². The maximum Gasteiger partial charge on any atom is 0.460 e. The minimum Gasteiger partial charge on any atom is -0.330 e. The van der Waals surface area contributed by atoms with Gasteiger partial charge in [-0.2, -0.15) is 101 Å². The van der Waals surface area contributed by atoms with E-state index in [9.17, 15) is 101 Å². The Morgan fingerprint density at radius 3 is 0.857 bits per heavy atom. The molecule has 0 aliphatic rings. The molecule has 0 saturated heterocycles. The van der Waals surface area contributed by atoms with Gasteiger partial charge in [0.1, 0.15) is 0 Å². The molecular weight excluding hydrogens is 669 g/mol. The predicted octanol–water partition coefficient (Wildman–Crippen LogP) is 7.20. The van der Waals surface area contributed by atoms with Crippen LogP contribution in [0.3, 0.4) is 0 Å². The summed E-state index contributed by atoms with van der Waals surface area (Å²) < 4.78 is 306. The van der Waals surface area contributed by atoms with E-state index in [1.807, 2.05) is 0 Å². The van der Waals surface area contributed by atoms with Crippen LogP contribution in [0.5, 0.6) is 0 Å². The van der Waals surface area contributed by atoms with E-state index in [1.54, 1.807) is 0 Å². The third kappa shape index (κ3) is 5.63. The average molecular weight is 685 g/mol. The van der Waals surface area contributed by atoms with Crippen molar-refractivity contribution in [2.75, 3.05) is 40.8 Å². The van der Waals surface area contributed by atoms with Crippen LogP contribution in [0.15, 0.2) is 0 Å². The molecule has 25 heteroatoms. The molecule has 0 aromatic rings. The molecule has 0 radical (unpaired) electrons. The van der Waals surface area contributed by atoms with E-state index in [0.717, 1.165) is 0 Å². The molecule has 0 bridgehead atoms. The monoisotopic (exact) mass is 685 g/mol. The van der Waals surface area contributed by atoms with Crippen LogP contribution in [-0.4, -0.2) is 111 Å². The molecular formula is C17H16F23N2+. The third-order valence-corrected chi connectivity index (χ3v) is 5.28. The normalized spacial score (nSPS) is 16.7. The smallest absolute Gasteiger partial charge is 0.330 e. The maximum absolute atomic E-state index is 13.8. The molecule has 0 fully saturated rings. The number of hydrogen-bond acceptors (Lipinski definition) is 1. The second kappa shape index (κ2) is 10.4. The Bertz CT molecular complexity index is 942. The molecule has 254 valence electrons. The number of quaternary nitrogens is 1. The zero-order valence-electron chi connectivity index (χ0n) is 20.3. The summed E-state index contributed by atoms with van der Waals surface area (Å²) in [6.45, 7) is -4.05. The Balaban J connectivity index is 6.88. The van der Waals surface area contributed by atoms with Crippen molar-refractivity contribution < 1.29 is 105 Å². The van der Waals surface area contributed by atoms with Crippen LogP contribution in [0.25, 0.3) is 0 Å². The number of rotatable bonds is 14.